The number of hydrogen-bond acceptors (Lipinski definition) is 4. The van der Waals surface area contributed by atoms with Crippen molar-refractivity contribution in [1.29, 1.82) is 0 Å². The molecule has 1 atom stereocenters. The smallest absolute Gasteiger partial charge is 0.178 e. The second kappa shape index (κ2) is 7.65. The molecule has 0 aliphatic carbocycles. The van der Waals surface area contributed by atoms with Crippen LogP contribution in [0.15, 0.2) is 30.3 Å². The minimum absolute atomic E-state index is 0.509. The fourth-order valence-electron chi connectivity index (χ4n) is 3.11. The summed E-state index contributed by atoms with van der Waals surface area (Å²) in [4.78, 5) is 22.5. The van der Waals surface area contributed by atoms with Gasteiger partial charge in [0.2, 0.25) is 0 Å². The molecule has 0 bridgehead atoms. The molecule has 1 aliphatic rings. The first-order valence-electron chi connectivity index (χ1n) is 7.88. The molecule has 0 amide bonds. The van der Waals surface area contributed by atoms with Gasteiger partial charge in [0, 0.05) is 6.42 Å². The van der Waals surface area contributed by atoms with Crippen molar-refractivity contribution < 1.29 is 19.1 Å². The van der Waals surface area contributed by atoms with Crippen molar-refractivity contribution in [1.82, 2.24) is 0 Å². The van der Waals surface area contributed by atoms with Crippen LogP contribution >= 0.6 is 0 Å². The summed E-state index contributed by atoms with van der Waals surface area (Å²) in [6.45, 7) is 2.88. The van der Waals surface area contributed by atoms with E-state index in [2.05, 4.69) is 0 Å². The normalized spacial score (nSPS) is 19.5. The number of benzene rings is 1. The number of hydrogen-bond donors (Lipinski definition) is 0. The lowest BCUT2D eigenvalue weighted by molar-refractivity contribution is -0.218. The van der Waals surface area contributed by atoms with Crippen molar-refractivity contribution >= 4 is 12.6 Å². The lowest BCUT2D eigenvalue weighted by Gasteiger charge is -2.41. The van der Waals surface area contributed by atoms with E-state index in [-0.39, 0.29) is 0 Å². The highest BCUT2D eigenvalue weighted by Crippen LogP contribution is 2.43. The molecule has 1 unspecified atom stereocenters. The Bertz CT molecular complexity index is 479. The minimum atomic E-state index is -0.897. The molecule has 0 N–H and O–H groups in total. The van der Waals surface area contributed by atoms with Crippen molar-refractivity contribution in [3.05, 3.63) is 35.9 Å². The highest BCUT2D eigenvalue weighted by atomic mass is 16.7. The van der Waals surface area contributed by atoms with E-state index in [0.29, 0.717) is 32.5 Å². The van der Waals surface area contributed by atoms with Crippen LogP contribution in [-0.2, 0) is 25.5 Å². The van der Waals surface area contributed by atoms with Gasteiger partial charge >= 0.3 is 0 Å². The molecule has 4 heteroatoms. The summed E-state index contributed by atoms with van der Waals surface area (Å²) in [5, 5.41) is 0. The van der Waals surface area contributed by atoms with Crippen molar-refractivity contribution in [3.8, 4) is 0 Å². The topological polar surface area (TPSA) is 52.6 Å². The summed E-state index contributed by atoms with van der Waals surface area (Å²) in [7, 11) is 0. The Hall–Kier alpha value is -1.52. The second-order valence-corrected chi connectivity index (χ2v) is 5.99. The van der Waals surface area contributed by atoms with E-state index in [4.69, 9.17) is 9.47 Å². The quantitative estimate of drug-likeness (QED) is 0.520. The van der Waals surface area contributed by atoms with Gasteiger partial charge in [-0.3, -0.25) is 0 Å². The Morgan fingerprint density at radius 3 is 2.41 bits per heavy atom. The molecule has 0 saturated carbocycles. The SMILES string of the molecule is CC1(C(C=O)(CCCCC=O)Cc2ccccc2)OCCO1. The molecule has 2 rings (SSSR count). The zero-order valence-corrected chi connectivity index (χ0v) is 13.1. The number of carbonyl (C=O) groups excluding carboxylic acids is 2. The van der Waals surface area contributed by atoms with E-state index in [1.165, 1.54) is 0 Å². The van der Waals surface area contributed by atoms with Crippen LogP contribution in [0, 0.1) is 5.41 Å². The van der Waals surface area contributed by atoms with Gasteiger partial charge in [0.15, 0.2) is 5.79 Å². The molecule has 1 saturated heterocycles. The van der Waals surface area contributed by atoms with Gasteiger partial charge in [-0.25, -0.2) is 0 Å². The molecule has 1 fully saturated rings. The first kappa shape index (κ1) is 16.8. The highest BCUT2D eigenvalue weighted by Gasteiger charge is 2.52. The van der Waals surface area contributed by atoms with Crippen LogP contribution in [0.3, 0.4) is 0 Å². The Morgan fingerprint density at radius 2 is 1.82 bits per heavy atom. The second-order valence-electron chi connectivity index (χ2n) is 5.99. The van der Waals surface area contributed by atoms with Gasteiger partial charge in [-0.1, -0.05) is 36.8 Å². The lowest BCUT2D eigenvalue weighted by Crippen LogP contribution is -2.50. The molecule has 1 aliphatic heterocycles. The number of aldehydes is 2. The van der Waals surface area contributed by atoms with E-state index in [1.807, 2.05) is 37.3 Å². The van der Waals surface area contributed by atoms with Gasteiger partial charge < -0.3 is 19.1 Å². The number of carbonyl (C=O) groups is 2. The van der Waals surface area contributed by atoms with Crippen LogP contribution in [0.4, 0.5) is 0 Å². The molecule has 22 heavy (non-hydrogen) atoms. The summed E-state index contributed by atoms with van der Waals surface area (Å²) in [6.07, 6.45) is 5.25. The van der Waals surface area contributed by atoms with Crippen LogP contribution in [0.1, 0.15) is 38.2 Å². The van der Waals surface area contributed by atoms with Gasteiger partial charge in [-0.05, 0) is 31.7 Å². The Balaban J connectivity index is 2.21. The Morgan fingerprint density at radius 1 is 1.14 bits per heavy atom. The average Bonchev–Trinajstić information content (AvgIpc) is 2.99. The van der Waals surface area contributed by atoms with E-state index >= 15 is 0 Å². The Kier molecular flexibility index (Phi) is 5.86. The maximum absolute atomic E-state index is 12.1. The van der Waals surface area contributed by atoms with Crippen LogP contribution in [0.2, 0.25) is 0 Å². The molecule has 1 heterocycles. The van der Waals surface area contributed by atoms with Gasteiger partial charge in [0.1, 0.15) is 12.6 Å². The Labute approximate surface area is 131 Å². The van der Waals surface area contributed by atoms with Crippen LogP contribution in [-0.4, -0.2) is 31.6 Å². The van der Waals surface area contributed by atoms with Crippen molar-refractivity contribution in [2.45, 2.75) is 44.8 Å². The third kappa shape index (κ3) is 3.62. The number of unbranched alkanes of at least 4 members (excludes halogenated alkanes) is 2. The molecule has 0 radical (unpaired) electrons. The largest absolute Gasteiger partial charge is 0.347 e. The fourth-order valence-corrected chi connectivity index (χ4v) is 3.11. The first-order chi connectivity index (χ1) is 10.7. The molecule has 1 aromatic rings. The van der Waals surface area contributed by atoms with E-state index in [9.17, 15) is 9.59 Å². The predicted molar refractivity (Wildman–Crippen MR) is 83.5 cm³/mol. The minimum Gasteiger partial charge on any atom is -0.347 e. The monoisotopic (exact) mass is 304 g/mol. The van der Waals surface area contributed by atoms with Gasteiger partial charge in [0.25, 0.3) is 0 Å². The molecule has 120 valence electrons. The maximum atomic E-state index is 12.1. The van der Waals surface area contributed by atoms with Gasteiger partial charge in [-0.2, -0.15) is 0 Å². The number of ether oxygens (including phenoxy) is 2. The van der Waals surface area contributed by atoms with Crippen molar-refractivity contribution in [2.75, 3.05) is 13.2 Å². The van der Waals surface area contributed by atoms with E-state index in [1.54, 1.807) is 0 Å². The maximum Gasteiger partial charge on any atom is 0.178 e. The van der Waals surface area contributed by atoms with Crippen LogP contribution in [0.5, 0.6) is 0 Å². The van der Waals surface area contributed by atoms with E-state index in [0.717, 1.165) is 31.0 Å². The summed E-state index contributed by atoms with van der Waals surface area (Å²) >= 11 is 0. The third-order valence-corrected chi connectivity index (χ3v) is 4.53. The van der Waals surface area contributed by atoms with Gasteiger partial charge in [-0.15, -0.1) is 0 Å². The summed E-state index contributed by atoms with van der Waals surface area (Å²) in [5.74, 6) is -0.897. The summed E-state index contributed by atoms with van der Waals surface area (Å²) in [6, 6.07) is 9.93. The molecular formula is C18H24O4. The standard InChI is InChI=1S/C18H24O4/c1-17(21-12-13-22-17)18(15-20,10-6-3-7-11-19)14-16-8-4-2-5-9-16/h2,4-5,8-9,11,15H,3,6-7,10,12-14H2,1H3. The van der Waals surface area contributed by atoms with Crippen molar-refractivity contribution in [2.24, 2.45) is 5.41 Å². The third-order valence-electron chi connectivity index (χ3n) is 4.53. The molecule has 0 spiro atoms. The summed E-state index contributed by atoms with van der Waals surface area (Å²) in [5.41, 5.74) is 0.360. The summed E-state index contributed by atoms with van der Waals surface area (Å²) < 4.78 is 11.6. The highest BCUT2D eigenvalue weighted by molar-refractivity contribution is 5.62. The molecule has 4 nitrogen and oxygen atoms in total. The van der Waals surface area contributed by atoms with Crippen LogP contribution in [0.25, 0.3) is 0 Å². The first-order valence-corrected chi connectivity index (χ1v) is 7.88. The zero-order valence-electron chi connectivity index (χ0n) is 13.1. The lowest BCUT2D eigenvalue weighted by atomic mass is 9.72. The zero-order chi connectivity index (χ0) is 15.9. The van der Waals surface area contributed by atoms with E-state index < -0.39 is 11.2 Å². The molecular weight excluding hydrogens is 280 g/mol. The molecule has 1 aromatic carbocycles. The molecule has 0 aromatic heterocycles. The number of rotatable bonds is 9. The fraction of sp³-hybridized carbons (Fsp3) is 0.556. The van der Waals surface area contributed by atoms with Crippen molar-refractivity contribution in [3.63, 3.8) is 0 Å². The van der Waals surface area contributed by atoms with Crippen LogP contribution < -0.4 is 0 Å². The van der Waals surface area contributed by atoms with Gasteiger partial charge in [0.05, 0.1) is 18.6 Å². The average molecular weight is 304 g/mol. The predicted octanol–water partition coefficient (Wildman–Crippen LogP) is 2.94.